The second-order valence-corrected chi connectivity index (χ2v) is 4.87. The Kier molecular flexibility index (Phi) is 4.28. The van der Waals surface area contributed by atoms with Crippen LogP contribution in [0, 0.1) is 24.0 Å². The molecule has 0 aliphatic heterocycles. The summed E-state index contributed by atoms with van der Waals surface area (Å²) >= 11 is 0. The number of hydrogen-bond acceptors (Lipinski definition) is 3. The van der Waals surface area contributed by atoms with Crippen molar-refractivity contribution in [3.8, 4) is 0 Å². The highest BCUT2D eigenvalue weighted by atomic mass is 16.6. The lowest BCUT2D eigenvalue weighted by Gasteiger charge is -2.01. The summed E-state index contributed by atoms with van der Waals surface area (Å²) < 4.78 is 0. The predicted molar refractivity (Wildman–Crippen MR) is 82.4 cm³/mol. The molecule has 0 N–H and O–H groups in total. The number of ketones is 1. The van der Waals surface area contributed by atoms with E-state index in [-0.39, 0.29) is 11.5 Å². The Morgan fingerprint density at radius 1 is 1.14 bits per heavy atom. The summed E-state index contributed by atoms with van der Waals surface area (Å²) in [6.07, 6.45) is 3.17. The van der Waals surface area contributed by atoms with E-state index in [4.69, 9.17) is 0 Å². The van der Waals surface area contributed by atoms with Crippen LogP contribution in [-0.4, -0.2) is 10.7 Å². The number of aryl methyl sites for hydroxylation is 2. The molecular weight excluding hydrogens is 266 g/mol. The van der Waals surface area contributed by atoms with Gasteiger partial charge in [0.2, 0.25) is 0 Å². The van der Waals surface area contributed by atoms with Crippen LogP contribution in [0.5, 0.6) is 0 Å². The topological polar surface area (TPSA) is 60.2 Å². The molecule has 0 saturated carbocycles. The van der Waals surface area contributed by atoms with Crippen molar-refractivity contribution < 1.29 is 9.72 Å². The maximum absolute atomic E-state index is 12.1. The first kappa shape index (κ1) is 14.7. The average Bonchev–Trinajstić information content (AvgIpc) is 2.46. The highest BCUT2D eigenvalue weighted by Gasteiger charge is 2.09. The minimum atomic E-state index is -0.509. The van der Waals surface area contributed by atoms with Gasteiger partial charge < -0.3 is 0 Å². The summed E-state index contributed by atoms with van der Waals surface area (Å²) in [5, 5.41) is 10.7. The normalized spacial score (nSPS) is 10.8. The van der Waals surface area contributed by atoms with Crippen LogP contribution in [0.4, 0.5) is 5.69 Å². The van der Waals surface area contributed by atoms with Crippen molar-refractivity contribution in [2.45, 2.75) is 13.8 Å². The zero-order chi connectivity index (χ0) is 15.4. The highest BCUT2D eigenvalue weighted by Crippen LogP contribution is 2.16. The molecule has 0 unspecified atom stereocenters. The molecule has 4 nitrogen and oxygen atoms in total. The second-order valence-electron chi connectivity index (χ2n) is 4.87. The first-order chi connectivity index (χ1) is 9.97. The maximum atomic E-state index is 12.1. The van der Waals surface area contributed by atoms with Gasteiger partial charge in [-0.15, -0.1) is 0 Å². The maximum Gasteiger partial charge on any atom is 0.270 e. The molecule has 0 fully saturated rings. The van der Waals surface area contributed by atoms with Gasteiger partial charge in [0.1, 0.15) is 0 Å². The Hall–Kier alpha value is -2.75. The number of hydrogen-bond donors (Lipinski definition) is 0. The quantitative estimate of drug-likeness (QED) is 0.367. The van der Waals surface area contributed by atoms with Crippen molar-refractivity contribution in [2.75, 3.05) is 0 Å². The standard InChI is InChI=1S/C17H15NO3/c1-12-6-7-14(13(2)10-12)8-9-17(19)15-4-3-5-16(11-15)18(20)21/h3-11H,1-2H3/b9-8+. The molecule has 21 heavy (non-hydrogen) atoms. The Labute approximate surface area is 122 Å². The molecule has 0 amide bonds. The van der Waals surface area contributed by atoms with Crippen molar-refractivity contribution in [1.82, 2.24) is 0 Å². The molecule has 0 saturated heterocycles. The number of nitrogens with zero attached hydrogens (tertiary/aromatic N) is 1. The fourth-order valence-electron chi connectivity index (χ4n) is 2.05. The summed E-state index contributed by atoms with van der Waals surface area (Å²) in [6, 6.07) is 11.7. The van der Waals surface area contributed by atoms with E-state index < -0.39 is 4.92 Å². The lowest BCUT2D eigenvalue weighted by Crippen LogP contribution is -1.96. The van der Waals surface area contributed by atoms with Gasteiger partial charge in [-0.3, -0.25) is 14.9 Å². The first-order valence-electron chi connectivity index (χ1n) is 6.51. The van der Waals surface area contributed by atoms with E-state index in [9.17, 15) is 14.9 Å². The average molecular weight is 281 g/mol. The smallest absolute Gasteiger partial charge is 0.270 e. The Bertz CT molecular complexity index is 733. The van der Waals surface area contributed by atoms with E-state index in [1.807, 2.05) is 32.0 Å². The van der Waals surface area contributed by atoms with E-state index in [0.29, 0.717) is 5.56 Å². The van der Waals surface area contributed by atoms with Crippen molar-refractivity contribution in [2.24, 2.45) is 0 Å². The molecule has 0 aliphatic rings. The van der Waals surface area contributed by atoms with E-state index >= 15 is 0 Å². The van der Waals surface area contributed by atoms with Gasteiger partial charge >= 0.3 is 0 Å². The molecule has 0 bridgehead atoms. The van der Waals surface area contributed by atoms with Gasteiger partial charge in [0.05, 0.1) is 4.92 Å². The number of nitro benzene ring substituents is 1. The number of rotatable bonds is 4. The van der Waals surface area contributed by atoms with Crippen LogP contribution in [-0.2, 0) is 0 Å². The minimum Gasteiger partial charge on any atom is -0.289 e. The third-order valence-corrected chi connectivity index (χ3v) is 3.18. The van der Waals surface area contributed by atoms with E-state index in [2.05, 4.69) is 0 Å². The van der Waals surface area contributed by atoms with Gasteiger partial charge in [-0.25, -0.2) is 0 Å². The molecule has 4 heteroatoms. The van der Waals surface area contributed by atoms with Crippen LogP contribution >= 0.6 is 0 Å². The molecule has 0 radical (unpaired) electrons. The fraction of sp³-hybridized carbons (Fsp3) is 0.118. The van der Waals surface area contributed by atoms with E-state index in [1.165, 1.54) is 24.3 Å². The number of carbonyl (C=O) groups excluding carboxylic acids is 1. The van der Waals surface area contributed by atoms with Crippen molar-refractivity contribution >= 4 is 17.5 Å². The van der Waals surface area contributed by atoms with Crippen LogP contribution in [0.1, 0.15) is 27.0 Å². The summed E-state index contributed by atoms with van der Waals surface area (Å²) in [6.45, 7) is 3.99. The third kappa shape index (κ3) is 3.63. The van der Waals surface area contributed by atoms with E-state index in [1.54, 1.807) is 12.1 Å². The first-order valence-corrected chi connectivity index (χ1v) is 6.51. The van der Waals surface area contributed by atoms with Crippen LogP contribution < -0.4 is 0 Å². The zero-order valence-electron chi connectivity index (χ0n) is 11.9. The molecule has 2 aromatic carbocycles. The van der Waals surface area contributed by atoms with Crippen LogP contribution in [0.25, 0.3) is 6.08 Å². The number of allylic oxidation sites excluding steroid dienone is 1. The summed E-state index contributed by atoms with van der Waals surface area (Å²) in [5.41, 5.74) is 3.43. The molecular formula is C17H15NO3. The van der Waals surface area contributed by atoms with Crippen molar-refractivity contribution in [3.05, 3.63) is 80.9 Å². The van der Waals surface area contributed by atoms with Crippen LogP contribution in [0.2, 0.25) is 0 Å². The second kappa shape index (κ2) is 6.13. The minimum absolute atomic E-state index is 0.0826. The molecule has 2 rings (SSSR count). The number of benzene rings is 2. The number of carbonyl (C=O) groups is 1. The zero-order valence-corrected chi connectivity index (χ0v) is 11.9. The van der Waals surface area contributed by atoms with Crippen molar-refractivity contribution in [1.29, 1.82) is 0 Å². The molecule has 0 atom stereocenters. The summed E-state index contributed by atoms with van der Waals surface area (Å²) in [5.74, 6) is -0.251. The molecule has 106 valence electrons. The molecule has 2 aromatic rings. The van der Waals surface area contributed by atoms with Gasteiger partial charge in [0.15, 0.2) is 5.78 Å². The van der Waals surface area contributed by atoms with Crippen LogP contribution in [0.15, 0.2) is 48.5 Å². The number of non-ortho nitro benzene ring substituents is 1. The van der Waals surface area contributed by atoms with Gasteiger partial charge in [-0.2, -0.15) is 0 Å². The van der Waals surface area contributed by atoms with Crippen molar-refractivity contribution in [3.63, 3.8) is 0 Å². The Morgan fingerprint density at radius 2 is 1.90 bits per heavy atom. The highest BCUT2D eigenvalue weighted by molar-refractivity contribution is 6.07. The third-order valence-electron chi connectivity index (χ3n) is 3.18. The Morgan fingerprint density at radius 3 is 2.57 bits per heavy atom. The SMILES string of the molecule is Cc1ccc(/C=C/C(=O)c2cccc([N+](=O)[O-])c2)c(C)c1. The van der Waals surface area contributed by atoms with Gasteiger partial charge in [0.25, 0.3) is 5.69 Å². The lowest BCUT2D eigenvalue weighted by atomic mass is 10.0. The predicted octanol–water partition coefficient (Wildman–Crippen LogP) is 4.11. The van der Waals surface area contributed by atoms with Crippen LogP contribution in [0.3, 0.4) is 0 Å². The largest absolute Gasteiger partial charge is 0.289 e. The Balaban J connectivity index is 2.23. The molecule has 0 heterocycles. The van der Waals surface area contributed by atoms with E-state index in [0.717, 1.165) is 16.7 Å². The summed E-state index contributed by atoms with van der Waals surface area (Å²) in [7, 11) is 0. The summed E-state index contributed by atoms with van der Waals surface area (Å²) in [4.78, 5) is 22.3. The lowest BCUT2D eigenvalue weighted by molar-refractivity contribution is -0.384. The molecule has 0 aromatic heterocycles. The fourth-order valence-corrected chi connectivity index (χ4v) is 2.05. The number of nitro groups is 1. The molecule has 0 spiro atoms. The molecule has 0 aliphatic carbocycles. The van der Waals surface area contributed by atoms with Gasteiger partial charge in [-0.1, -0.05) is 42.0 Å². The monoisotopic (exact) mass is 281 g/mol. The van der Waals surface area contributed by atoms with Gasteiger partial charge in [-0.05, 0) is 31.1 Å². The van der Waals surface area contributed by atoms with Gasteiger partial charge in [0, 0.05) is 17.7 Å².